The molecule has 0 bridgehead atoms. The standard InChI is InChI=1S/C9H7IN2O/c1-5(13)6-2-3-8(10)9(12)7(6)4-11/h2-3H,12H2,1H3. The molecule has 13 heavy (non-hydrogen) atoms. The first-order valence-corrected chi connectivity index (χ1v) is 4.64. The number of hydrogen-bond donors (Lipinski definition) is 1. The van der Waals surface area contributed by atoms with E-state index in [1.54, 1.807) is 12.1 Å². The number of benzene rings is 1. The number of hydrogen-bond acceptors (Lipinski definition) is 3. The molecule has 3 nitrogen and oxygen atoms in total. The van der Waals surface area contributed by atoms with Gasteiger partial charge >= 0.3 is 0 Å². The Morgan fingerprint density at radius 1 is 1.62 bits per heavy atom. The zero-order valence-electron chi connectivity index (χ0n) is 6.97. The molecule has 0 radical (unpaired) electrons. The molecular formula is C9H7IN2O. The van der Waals surface area contributed by atoms with Crippen LogP contribution in [-0.4, -0.2) is 5.78 Å². The maximum absolute atomic E-state index is 11.1. The van der Waals surface area contributed by atoms with E-state index in [9.17, 15) is 4.79 Å². The number of nitrogen functional groups attached to an aromatic ring is 1. The molecule has 0 heterocycles. The zero-order chi connectivity index (χ0) is 10.0. The van der Waals surface area contributed by atoms with E-state index in [4.69, 9.17) is 11.0 Å². The second-order valence-corrected chi connectivity index (χ2v) is 3.71. The molecule has 0 fully saturated rings. The van der Waals surface area contributed by atoms with Gasteiger partial charge < -0.3 is 5.73 Å². The van der Waals surface area contributed by atoms with Gasteiger partial charge in [-0.25, -0.2) is 0 Å². The molecule has 1 rings (SSSR count). The molecule has 0 amide bonds. The van der Waals surface area contributed by atoms with Crippen LogP contribution in [0.2, 0.25) is 0 Å². The SMILES string of the molecule is CC(=O)c1ccc(I)c(N)c1C#N. The lowest BCUT2D eigenvalue weighted by molar-refractivity contribution is 0.101. The molecule has 0 saturated heterocycles. The summed E-state index contributed by atoms with van der Waals surface area (Å²) in [6.07, 6.45) is 0. The van der Waals surface area contributed by atoms with Gasteiger partial charge in [0.1, 0.15) is 6.07 Å². The van der Waals surface area contributed by atoms with Crippen molar-refractivity contribution in [3.8, 4) is 6.07 Å². The van der Waals surface area contributed by atoms with Crippen LogP contribution in [0.25, 0.3) is 0 Å². The maximum atomic E-state index is 11.1. The molecule has 0 aliphatic rings. The van der Waals surface area contributed by atoms with Crippen LogP contribution < -0.4 is 5.73 Å². The molecule has 0 aliphatic heterocycles. The fourth-order valence-corrected chi connectivity index (χ4v) is 1.46. The van der Waals surface area contributed by atoms with Crippen molar-refractivity contribution >= 4 is 34.1 Å². The van der Waals surface area contributed by atoms with Crippen molar-refractivity contribution in [2.24, 2.45) is 0 Å². The summed E-state index contributed by atoms with van der Waals surface area (Å²) in [5, 5.41) is 8.79. The monoisotopic (exact) mass is 286 g/mol. The Hall–Kier alpha value is -1.09. The number of nitrogens with two attached hydrogens (primary N) is 1. The van der Waals surface area contributed by atoms with Gasteiger partial charge in [0.2, 0.25) is 0 Å². The van der Waals surface area contributed by atoms with Crippen LogP contribution >= 0.6 is 22.6 Å². The fraction of sp³-hybridized carbons (Fsp3) is 0.111. The third-order valence-corrected chi connectivity index (χ3v) is 2.62. The lowest BCUT2D eigenvalue weighted by atomic mass is 10.0. The Balaban J connectivity index is 3.50. The van der Waals surface area contributed by atoms with Crippen molar-refractivity contribution in [2.45, 2.75) is 6.92 Å². The summed E-state index contributed by atoms with van der Waals surface area (Å²) < 4.78 is 0.791. The molecule has 0 unspecified atom stereocenters. The van der Waals surface area contributed by atoms with Gasteiger partial charge in [-0.1, -0.05) is 0 Å². The minimum absolute atomic E-state index is 0.139. The molecule has 2 N–H and O–H groups in total. The van der Waals surface area contributed by atoms with Crippen LogP contribution in [0, 0.1) is 14.9 Å². The van der Waals surface area contributed by atoms with E-state index < -0.39 is 0 Å². The summed E-state index contributed by atoms with van der Waals surface area (Å²) in [5.74, 6) is -0.139. The lowest BCUT2D eigenvalue weighted by Crippen LogP contribution is -2.02. The van der Waals surface area contributed by atoms with E-state index >= 15 is 0 Å². The molecular weight excluding hydrogens is 279 g/mol. The summed E-state index contributed by atoms with van der Waals surface area (Å²) in [5.41, 5.74) is 6.70. The predicted molar refractivity (Wildman–Crippen MR) is 58.3 cm³/mol. The number of anilines is 1. The van der Waals surface area contributed by atoms with Crippen molar-refractivity contribution in [1.29, 1.82) is 5.26 Å². The largest absolute Gasteiger partial charge is 0.397 e. The van der Waals surface area contributed by atoms with Gasteiger partial charge in [0.25, 0.3) is 0 Å². The fourth-order valence-electron chi connectivity index (χ4n) is 1.01. The number of carbonyl (C=O) groups excluding carboxylic acids is 1. The molecule has 1 aromatic rings. The average molecular weight is 286 g/mol. The maximum Gasteiger partial charge on any atom is 0.161 e. The van der Waals surface area contributed by atoms with Crippen LogP contribution in [0.3, 0.4) is 0 Å². The Morgan fingerprint density at radius 3 is 2.69 bits per heavy atom. The number of nitrogens with zero attached hydrogens (tertiary/aromatic N) is 1. The quantitative estimate of drug-likeness (QED) is 0.487. The first kappa shape index (κ1) is 9.99. The second kappa shape index (κ2) is 3.75. The Bertz CT molecular complexity index is 407. The smallest absolute Gasteiger partial charge is 0.161 e. The highest BCUT2D eigenvalue weighted by Crippen LogP contribution is 2.22. The third-order valence-electron chi connectivity index (χ3n) is 1.68. The van der Waals surface area contributed by atoms with Crippen LogP contribution in [0.15, 0.2) is 12.1 Å². The third kappa shape index (κ3) is 1.80. The normalized spacial score (nSPS) is 9.31. The summed E-state index contributed by atoms with van der Waals surface area (Å²) >= 11 is 2.03. The van der Waals surface area contributed by atoms with Crippen molar-refractivity contribution in [1.82, 2.24) is 0 Å². The van der Waals surface area contributed by atoms with E-state index in [-0.39, 0.29) is 11.3 Å². The molecule has 4 heteroatoms. The summed E-state index contributed by atoms with van der Waals surface area (Å²) in [6.45, 7) is 1.42. The second-order valence-electron chi connectivity index (χ2n) is 2.55. The van der Waals surface area contributed by atoms with Gasteiger partial charge in [-0.15, -0.1) is 0 Å². The van der Waals surface area contributed by atoms with Gasteiger partial charge in [0.15, 0.2) is 5.78 Å². The molecule has 0 saturated carbocycles. The molecule has 0 spiro atoms. The van der Waals surface area contributed by atoms with Gasteiger partial charge in [-0.05, 0) is 41.6 Å². The van der Waals surface area contributed by atoms with Crippen LogP contribution in [-0.2, 0) is 0 Å². The van der Waals surface area contributed by atoms with E-state index in [0.717, 1.165) is 3.57 Å². The first-order valence-electron chi connectivity index (χ1n) is 3.57. The van der Waals surface area contributed by atoms with Gasteiger partial charge in [-0.3, -0.25) is 4.79 Å². The van der Waals surface area contributed by atoms with E-state index in [1.807, 2.05) is 28.7 Å². The molecule has 66 valence electrons. The topological polar surface area (TPSA) is 66.9 Å². The Kier molecular flexibility index (Phi) is 2.88. The number of ketones is 1. The molecule has 0 aromatic heterocycles. The Morgan fingerprint density at radius 2 is 2.23 bits per heavy atom. The first-order chi connectivity index (χ1) is 6.07. The summed E-state index contributed by atoms with van der Waals surface area (Å²) in [4.78, 5) is 11.1. The number of Topliss-reactive ketones (excluding diaryl/α,β-unsaturated/α-hetero) is 1. The number of carbonyl (C=O) groups is 1. The van der Waals surface area contributed by atoms with Gasteiger partial charge in [-0.2, -0.15) is 5.26 Å². The molecule has 1 aromatic carbocycles. The zero-order valence-corrected chi connectivity index (χ0v) is 9.12. The predicted octanol–water partition coefficient (Wildman–Crippen LogP) is 1.95. The van der Waals surface area contributed by atoms with Crippen molar-refractivity contribution in [3.05, 3.63) is 26.8 Å². The van der Waals surface area contributed by atoms with Crippen LogP contribution in [0.1, 0.15) is 22.8 Å². The van der Waals surface area contributed by atoms with E-state index in [1.165, 1.54) is 6.92 Å². The van der Waals surface area contributed by atoms with Crippen molar-refractivity contribution in [2.75, 3.05) is 5.73 Å². The molecule has 0 aliphatic carbocycles. The van der Waals surface area contributed by atoms with Crippen LogP contribution in [0.4, 0.5) is 5.69 Å². The van der Waals surface area contributed by atoms with Crippen molar-refractivity contribution in [3.63, 3.8) is 0 Å². The number of nitriles is 1. The minimum atomic E-state index is -0.139. The lowest BCUT2D eigenvalue weighted by Gasteiger charge is -2.04. The van der Waals surface area contributed by atoms with Gasteiger partial charge in [0, 0.05) is 9.13 Å². The highest BCUT2D eigenvalue weighted by Gasteiger charge is 2.11. The number of halogens is 1. The van der Waals surface area contributed by atoms with Crippen molar-refractivity contribution < 1.29 is 4.79 Å². The highest BCUT2D eigenvalue weighted by molar-refractivity contribution is 14.1. The minimum Gasteiger partial charge on any atom is -0.397 e. The Labute approximate surface area is 89.7 Å². The number of rotatable bonds is 1. The van der Waals surface area contributed by atoms with Gasteiger partial charge in [0.05, 0.1) is 11.3 Å². The van der Waals surface area contributed by atoms with E-state index in [2.05, 4.69) is 0 Å². The summed E-state index contributed by atoms with van der Waals surface area (Å²) in [6, 6.07) is 5.29. The highest BCUT2D eigenvalue weighted by atomic mass is 127. The van der Waals surface area contributed by atoms with Crippen LogP contribution in [0.5, 0.6) is 0 Å². The summed E-state index contributed by atoms with van der Waals surface area (Å²) in [7, 11) is 0. The molecule has 0 atom stereocenters. The average Bonchev–Trinajstić information content (AvgIpc) is 2.09. The van der Waals surface area contributed by atoms with E-state index in [0.29, 0.717) is 11.3 Å².